The summed E-state index contributed by atoms with van der Waals surface area (Å²) in [7, 11) is 0. The van der Waals surface area contributed by atoms with E-state index in [-0.39, 0.29) is 11.9 Å². The van der Waals surface area contributed by atoms with Crippen LogP contribution in [0.25, 0.3) is 21.7 Å². The Labute approximate surface area is 175 Å². The highest BCUT2D eigenvalue weighted by molar-refractivity contribution is 6.08. The molecule has 1 amide bonds. The molecule has 3 nitrogen and oxygen atoms in total. The van der Waals surface area contributed by atoms with Gasteiger partial charge in [0.05, 0.1) is 6.04 Å². The molecule has 0 aliphatic rings. The number of hydrogen-bond donors (Lipinski definition) is 1. The summed E-state index contributed by atoms with van der Waals surface area (Å²) in [6.45, 7) is 2.06. The summed E-state index contributed by atoms with van der Waals surface area (Å²) in [4.78, 5) is 13.2. The number of fused-ring (bicyclic) bond motifs is 3. The number of carbonyl (C=O) groups excluding carboxylic acids is 1. The molecule has 4 aromatic carbocycles. The topological polar surface area (TPSA) is 42.2 Å². The molecule has 1 atom stereocenters. The van der Waals surface area contributed by atoms with Crippen molar-refractivity contribution in [1.82, 2.24) is 5.32 Å². The van der Waals surface area contributed by atoms with Crippen molar-refractivity contribution in [2.75, 3.05) is 0 Å². The van der Waals surface area contributed by atoms with Gasteiger partial charge in [-0.25, -0.2) is 0 Å². The standard InChI is InChI=1S/C27H21NO2/c1-18-9-5-7-13-21(18)26(20-11-3-2-4-12-20)28-27(29)25-17-23-22-14-8-6-10-19(22)15-16-24(23)30-25/h2-17,26H,1H3,(H,28,29). The monoisotopic (exact) mass is 391 g/mol. The first kappa shape index (κ1) is 18.2. The van der Waals surface area contributed by atoms with Gasteiger partial charge in [-0.2, -0.15) is 0 Å². The van der Waals surface area contributed by atoms with Crippen molar-refractivity contribution in [3.05, 3.63) is 120 Å². The molecular weight excluding hydrogens is 370 g/mol. The summed E-state index contributed by atoms with van der Waals surface area (Å²) in [6, 6.07) is 31.8. The lowest BCUT2D eigenvalue weighted by molar-refractivity contribution is 0.0917. The predicted octanol–water partition coefficient (Wildman–Crippen LogP) is 6.41. The molecule has 146 valence electrons. The second-order valence-electron chi connectivity index (χ2n) is 7.48. The summed E-state index contributed by atoms with van der Waals surface area (Å²) < 4.78 is 5.93. The molecule has 0 aliphatic carbocycles. The van der Waals surface area contributed by atoms with Crippen LogP contribution in [0.4, 0.5) is 0 Å². The van der Waals surface area contributed by atoms with Crippen LogP contribution in [-0.4, -0.2) is 5.91 Å². The van der Waals surface area contributed by atoms with Crippen LogP contribution in [-0.2, 0) is 0 Å². The zero-order chi connectivity index (χ0) is 20.5. The van der Waals surface area contributed by atoms with E-state index < -0.39 is 0 Å². The van der Waals surface area contributed by atoms with Gasteiger partial charge in [0.25, 0.3) is 5.91 Å². The van der Waals surface area contributed by atoms with E-state index in [1.165, 1.54) is 0 Å². The van der Waals surface area contributed by atoms with E-state index in [0.29, 0.717) is 11.3 Å². The molecule has 0 spiro atoms. The molecule has 1 unspecified atom stereocenters. The zero-order valence-electron chi connectivity index (χ0n) is 16.6. The van der Waals surface area contributed by atoms with Gasteiger partial charge in [0.15, 0.2) is 5.76 Å². The smallest absolute Gasteiger partial charge is 0.287 e. The van der Waals surface area contributed by atoms with E-state index in [1.807, 2.05) is 72.8 Å². The summed E-state index contributed by atoms with van der Waals surface area (Å²) in [5.74, 6) is 0.0863. The van der Waals surface area contributed by atoms with Crippen LogP contribution < -0.4 is 5.32 Å². The van der Waals surface area contributed by atoms with Crippen molar-refractivity contribution in [2.45, 2.75) is 13.0 Å². The fraction of sp³-hybridized carbons (Fsp3) is 0.0741. The molecule has 30 heavy (non-hydrogen) atoms. The molecule has 1 aromatic heterocycles. The highest BCUT2D eigenvalue weighted by Crippen LogP contribution is 2.29. The SMILES string of the molecule is Cc1ccccc1C(NC(=O)c1cc2c(ccc3ccccc32)o1)c1ccccc1. The fourth-order valence-corrected chi connectivity index (χ4v) is 4.00. The zero-order valence-corrected chi connectivity index (χ0v) is 16.6. The molecule has 0 aliphatic heterocycles. The number of rotatable bonds is 4. The van der Waals surface area contributed by atoms with Crippen LogP contribution >= 0.6 is 0 Å². The predicted molar refractivity (Wildman–Crippen MR) is 121 cm³/mol. The second kappa shape index (κ2) is 7.53. The Bertz CT molecular complexity index is 1350. The average Bonchev–Trinajstić information content (AvgIpc) is 3.24. The van der Waals surface area contributed by atoms with Crippen LogP contribution in [0.1, 0.15) is 33.3 Å². The maximum Gasteiger partial charge on any atom is 0.287 e. The minimum Gasteiger partial charge on any atom is -0.451 e. The van der Waals surface area contributed by atoms with Crippen LogP contribution in [0.5, 0.6) is 0 Å². The van der Waals surface area contributed by atoms with E-state index in [2.05, 4.69) is 36.5 Å². The molecule has 0 saturated heterocycles. The van der Waals surface area contributed by atoms with Crippen LogP contribution in [0.3, 0.4) is 0 Å². The third kappa shape index (κ3) is 3.25. The Morgan fingerprint density at radius 1 is 0.800 bits per heavy atom. The van der Waals surface area contributed by atoms with Crippen LogP contribution in [0.2, 0.25) is 0 Å². The Hall–Kier alpha value is -3.85. The Morgan fingerprint density at radius 3 is 2.37 bits per heavy atom. The van der Waals surface area contributed by atoms with Gasteiger partial charge in [-0.1, -0.05) is 84.9 Å². The van der Waals surface area contributed by atoms with Crippen molar-refractivity contribution in [2.24, 2.45) is 0 Å². The average molecular weight is 391 g/mol. The van der Waals surface area contributed by atoms with E-state index >= 15 is 0 Å². The maximum absolute atomic E-state index is 13.2. The number of hydrogen-bond acceptors (Lipinski definition) is 2. The van der Waals surface area contributed by atoms with Gasteiger partial charge in [0.2, 0.25) is 0 Å². The van der Waals surface area contributed by atoms with Gasteiger partial charge in [-0.05, 0) is 46.5 Å². The first-order valence-corrected chi connectivity index (χ1v) is 10.0. The lowest BCUT2D eigenvalue weighted by atomic mass is 9.95. The molecule has 0 bridgehead atoms. The first-order valence-electron chi connectivity index (χ1n) is 10.0. The number of furan rings is 1. The van der Waals surface area contributed by atoms with E-state index in [0.717, 1.165) is 32.8 Å². The van der Waals surface area contributed by atoms with E-state index in [4.69, 9.17) is 4.42 Å². The van der Waals surface area contributed by atoms with Gasteiger partial charge >= 0.3 is 0 Å². The molecule has 3 heteroatoms. The van der Waals surface area contributed by atoms with Crippen molar-refractivity contribution in [3.63, 3.8) is 0 Å². The van der Waals surface area contributed by atoms with Crippen molar-refractivity contribution < 1.29 is 9.21 Å². The second-order valence-corrected chi connectivity index (χ2v) is 7.48. The normalized spacial score (nSPS) is 12.2. The summed E-state index contributed by atoms with van der Waals surface area (Å²) in [5, 5.41) is 6.34. The summed E-state index contributed by atoms with van der Waals surface area (Å²) in [6.07, 6.45) is 0. The van der Waals surface area contributed by atoms with Gasteiger partial charge in [-0.3, -0.25) is 4.79 Å². The highest BCUT2D eigenvalue weighted by atomic mass is 16.3. The number of aryl methyl sites for hydroxylation is 1. The Morgan fingerprint density at radius 2 is 1.53 bits per heavy atom. The number of carbonyl (C=O) groups is 1. The quantitative estimate of drug-likeness (QED) is 0.384. The molecule has 5 rings (SSSR count). The molecule has 0 saturated carbocycles. The van der Waals surface area contributed by atoms with Crippen molar-refractivity contribution >= 4 is 27.6 Å². The molecule has 5 aromatic rings. The lowest BCUT2D eigenvalue weighted by Gasteiger charge is -2.21. The largest absolute Gasteiger partial charge is 0.451 e. The minimum absolute atomic E-state index is 0.229. The highest BCUT2D eigenvalue weighted by Gasteiger charge is 2.21. The Balaban J connectivity index is 1.55. The first-order chi connectivity index (χ1) is 14.7. The van der Waals surface area contributed by atoms with Crippen molar-refractivity contribution in [1.29, 1.82) is 0 Å². The molecule has 0 radical (unpaired) electrons. The van der Waals surface area contributed by atoms with Crippen LogP contribution in [0, 0.1) is 6.92 Å². The number of nitrogens with one attached hydrogen (secondary N) is 1. The molecule has 1 heterocycles. The molecular formula is C27H21NO2. The minimum atomic E-state index is -0.259. The van der Waals surface area contributed by atoms with Gasteiger partial charge < -0.3 is 9.73 Å². The maximum atomic E-state index is 13.2. The van der Waals surface area contributed by atoms with Gasteiger partial charge in [0, 0.05) is 5.39 Å². The van der Waals surface area contributed by atoms with E-state index in [9.17, 15) is 4.79 Å². The third-order valence-electron chi connectivity index (χ3n) is 5.56. The third-order valence-corrected chi connectivity index (χ3v) is 5.56. The van der Waals surface area contributed by atoms with Gasteiger partial charge in [-0.15, -0.1) is 0 Å². The fourth-order valence-electron chi connectivity index (χ4n) is 4.00. The molecule has 1 N–H and O–H groups in total. The number of amides is 1. The molecule has 0 fully saturated rings. The Kier molecular flexibility index (Phi) is 4.56. The van der Waals surface area contributed by atoms with E-state index in [1.54, 1.807) is 0 Å². The summed E-state index contributed by atoms with van der Waals surface area (Å²) >= 11 is 0. The van der Waals surface area contributed by atoms with Crippen LogP contribution in [0.15, 0.2) is 101 Å². The summed E-state index contributed by atoms with van der Waals surface area (Å²) in [5.41, 5.74) is 3.94. The number of benzene rings is 4. The van der Waals surface area contributed by atoms with Gasteiger partial charge in [0.1, 0.15) is 5.58 Å². The van der Waals surface area contributed by atoms with Crippen molar-refractivity contribution in [3.8, 4) is 0 Å². The lowest BCUT2D eigenvalue weighted by Crippen LogP contribution is -2.29.